The number of benzene rings is 1. The molecule has 4 nitrogen and oxygen atoms in total. The van der Waals surface area contributed by atoms with Gasteiger partial charge in [0.2, 0.25) is 0 Å². The number of nitrogens with zero attached hydrogens (tertiary/aromatic N) is 3. The van der Waals surface area contributed by atoms with Gasteiger partial charge in [-0.3, -0.25) is 4.98 Å². The van der Waals surface area contributed by atoms with Crippen LogP contribution in [0.2, 0.25) is 0 Å². The second-order valence-corrected chi connectivity index (χ2v) is 6.00. The molecule has 0 aliphatic rings. The molecule has 0 spiro atoms. The third kappa shape index (κ3) is 4.42. The van der Waals surface area contributed by atoms with Crippen molar-refractivity contribution in [3.63, 3.8) is 0 Å². The summed E-state index contributed by atoms with van der Waals surface area (Å²) in [4.78, 5) is 4.30. The first kappa shape index (κ1) is 16.2. The molecule has 0 N–H and O–H groups in total. The number of hydrogen-bond donors (Lipinski definition) is 0. The van der Waals surface area contributed by atoms with Crippen LogP contribution in [0.5, 0.6) is 0 Å². The molecule has 1 heterocycles. The standard InChI is InChI=1S/C17H17N3OS/c1-2-3-10-22(21)20-13-17-16(8-5-9-19-17)15-7-4-6-14(11-15)12-18/h4-9,11,13H,2-3,10H2,1H3. The van der Waals surface area contributed by atoms with Crippen molar-refractivity contribution in [2.45, 2.75) is 19.8 Å². The molecule has 5 heteroatoms. The van der Waals surface area contributed by atoms with E-state index < -0.39 is 11.4 Å². The van der Waals surface area contributed by atoms with Gasteiger partial charge in [0.05, 0.1) is 28.7 Å². The summed E-state index contributed by atoms with van der Waals surface area (Å²) in [5.41, 5.74) is 3.02. The number of pyridine rings is 1. The van der Waals surface area contributed by atoms with Gasteiger partial charge in [0.25, 0.3) is 0 Å². The quantitative estimate of drug-likeness (QED) is 0.605. The summed E-state index contributed by atoms with van der Waals surface area (Å²) in [6.45, 7) is 2.06. The normalized spacial score (nSPS) is 12.2. The fourth-order valence-electron chi connectivity index (χ4n) is 1.95. The molecule has 0 amide bonds. The van der Waals surface area contributed by atoms with E-state index in [1.165, 1.54) is 0 Å². The number of rotatable bonds is 6. The van der Waals surface area contributed by atoms with Crippen molar-refractivity contribution in [2.24, 2.45) is 4.40 Å². The van der Waals surface area contributed by atoms with Crippen molar-refractivity contribution in [3.05, 3.63) is 53.9 Å². The van der Waals surface area contributed by atoms with E-state index in [0.29, 0.717) is 17.0 Å². The lowest BCUT2D eigenvalue weighted by molar-refractivity contribution is 0.594. The summed E-state index contributed by atoms with van der Waals surface area (Å²) in [5.74, 6) is 0.569. The highest BCUT2D eigenvalue weighted by atomic mass is 32.2. The van der Waals surface area contributed by atoms with E-state index in [1.54, 1.807) is 18.5 Å². The fourth-order valence-corrected chi connectivity index (χ4v) is 2.81. The third-order valence-corrected chi connectivity index (χ3v) is 4.08. The lowest BCUT2D eigenvalue weighted by Gasteiger charge is -2.06. The molecule has 0 aliphatic carbocycles. The molecular weight excluding hydrogens is 294 g/mol. The van der Waals surface area contributed by atoms with Gasteiger partial charge in [0.1, 0.15) is 12.0 Å². The molecule has 0 radical (unpaired) electrons. The monoisotopic (exact) mass is 311 g/mol. The third-order valence-electron chi connectivity index (χ3n) is 3.11. The maximum Gasteiger partial charge on any atom is 0.133 e. The first-order valence-corrected chi connectivity index (χ1v) is 8.40. The second-order valence-electron chi connectivity index (χ2n) is 4.74. The Morgan fingerprint density at radius 3 is 3.00 bits per heavy atom. The van der Waals surface area contributed by atoms with Crippen molar-refractivity contribution < 1.29 is 4.55 Å². The highest BCUT2D eigenvalue weighted by Crippen LogP contribution is 2.22. The molecule has 1 unspecified atom stereocenters. The Balaban J connectivity index is 2.27. The number of hydrogen-bond acceptors (Lipinski definition) is 4. The smallest absolute Gasteiger partial charge is 0.133 e. The average Bonchev–Trinajstić information content (AvgIpc) is 2.58. The fraction of sp³-hybridized carbons (Fsp3) is 0.235. The van der Waals surface area contributed by atoms with Crippen LogP contribution in [0.25, 0.3) is 11.1 Å². The van der Waals surface area contributed by atoms with Crippen LogP contribution in [0.15, 0.2) is 47.0 Å². The van der Waals surface area contributed by atoms with Crippen molar-refractivity contribution in [1.82, 2.24) is 4.98 Å². The van der Waals surface area contributed by atoms with Crippen LogP contribution >= 0.6 is 0 Å². The molecule has 1 aromatic heterocycles. The zero-order valence-electron chi connectivity index (χ0n) is 12.4. The maximum absolute atomic E-state index is 11.8. The Labute approximate surface area is 133 Å². The highest BCUT2D eigenvalue weighted by Gasteiger charge is 2.07. The van der Waals surface area contributed by atoms with Crippen molar-refractivity contribution in [1.29, 1.82) is 5.26 Å². The molecule has 2 rings (SSSR count). The SMILES string of the molecule is CCCC[S+]([O-])N=Cc1ncccc1-c1cccc(C#N)c1. The van der Waals surface area contributed by atoms with Crippen LogP contribution in [-0.4, -0.2) is 21.5 Å². The van der Waals surface area contributed by atoms with Gasteiger partial charge >= 0.3 is 0 Å². The summed E-state index contributed by atoms with van der Waals surface area (Å²) < 4.78 is 15.8. The number of aromatic nitrogens is 1. The Hall–Kier alpha value is -2.16. The summed E-state index contributed by atoms with van der Waals surface area (Å²) in [6, 6.07) is 13.2. The molecule has 1 atom stereocenters. The Kier molecular flexibility index (Phi) is 6.13. The van der Waals surface area contributed by atoms with Gasteiger partial charge in [0, 0.05) is 11.8 Å². The molecule has 1 aromatic carbocycles. The van der Waals surface area contributed by atoms with E-state index >= 15 is 0 Å². The zero-order chi connectivity index (χ0) is 15.8. The summed E-state index contributed by atoms with van der Waals surface area (Å²) in [5, 5.41) is 9.00. The topological polar surface area (TPSA) is 72.1 Å². The van der Waals surface area contributed by atoms with E-state index in [1.807, 2.05) is 30.3 Å². The van der Waals surface area contributed by atoms with Crippen LogP contribution in [0.3, 0.4) is 0 Å². The predicted molar refractivity (Wildman–Crippen MR) is 89.9 cm³/mol. The Bertz CT molecular complexity index is 694. The number of unbranched alkanes of at least 4 members (excludes halogenated alkanes) is 1. The summed E-state index contributed by atoms with van der Waals surface area (Å²) in [7, 11) is 0. The highest BCUT2D eigenvalue weighted by molar-refractivity contribution is 7.90. The van der Waals surface area contributed by atoms with Crippen LogP contribution in [0, 0.1) is 11.3 Å². The van der Waals surface area contributed by atoms with Crippen molar-refractivity contribution in [2.75, 3.05) is 5.75 Å². The maximum atomic E-state index is 11.8. The van der Waals surface area contributed by atoms with E-state index in [0.717, 1.165) is 24.0 Å². The van der Waals surface area contributed by atoms with Crippen LogP contribution in [0.1, 0.15) is 31.0 Å². The van der Waals surface area contributed by atoms with E-state index in [9.17, 15) is 4.55 Å². The molecule has 22 heavy (non-hydrogen) atoms. The van der Waals surface area contributed by atoms with Crippen LogP contribution in [-0.2, 0) is 11.4 Å². The molecule has 0 fully saturated rings. The van der Waals surface area contributed by atoms with Gasteiger partial charge in [-0.2, -0.15) is 5.26 Å². The van der Waals surface area contributed by atoms with Crippen LogP contribution in [0.4, 0.5) is 0 Å². The van der Waals surface area contributed by atoms with Crippen LogP contribution < -0.4 is 0 Å². The van der Waals surface area contributed by atoms with E-state index in [2.05, 4.69) is 22.4 Å². The average molecular weight is 311 g/mol. The van der Waals surface area contributed by atoms with Crippen molar-refractivity contribution >= 4 is 17.6 Å². The minimum atomic E-state index is -1.21. The lowest BCUT2D eigenvalue weighted by atomic mass is 10.0. The summed E-state index contributed by atoms with van der Waals surface area (Å²) in [6.07, 6.45) is 5.12. The van der Waals surface area contributed by atoms with E-state index in [-0.39, 0.29) is 0 Å². The molecular formula is C17H17N3OS. The van der Waals surface area contributed by atoms with Gasteiger partial charge in [-0.05, 0) is 30.2 Å². The predicted octanol–water partition coefficient (Wildman–Crippen LogP) is 3.50. The first-order valence-electron chi connectivity index (χ1n) is 7.12. The van der Waals surface area contributed by atoms with Crippen molar-refractivity contribution in [3.8, 4) is 17.2 Å². The Morgan fingerprint density at radius 2 is 2.23 bits per heavy atom. The first-order chi connectivity index (χ1) is 10.7. The largest absolute Gasteiger partial charge is 0.591 e. The minimum Gasteiger partial charge on any atom is -0.591 e. The molecule has 0 aliphatic heterocycles. The van der Waals surface area contributed by atoms with Gasteiger partial charge in [0.15, 0.2) is 0 Å². The van der Waals surface area contributed by atoms with E-state index in [4.69, 9.17) is 5.26 Å². The molecule has 0 saturated heterocycles. The molecule has 2 aromatic rings. The van der Waals surface area contributed by atoms with Gasteiger partial charge in [-0.15, -0.1) is 0 Å². The van der Waals surface area contributed by atoms with Gasteiger partial charge < -0.3 is 4.55 Å². The lowest BCUT2D eigenvalue weighted by Crippen LogP contribution is -2.03. The van der Waals surface area contributed by atoms with Gasteiger partial charge in [-0.1, -0.05) is 35.9 Å². The second kappa shape index (κ2) is 8.32. The number of nitriles is 1. The van der Waals surface area contributed by atoms with Gasteiger partial charge in [-0.25, -0.2) is 0 Å². The minimum absolute atomic E-state index is 0.569. The summed E-state index contributed by atoms with van der Waals surface area (Å²) >= 11 is -1.21. The molecule has 0 saturated carbocycles. The molecule has 0 bridgehead atoms. The Morgan fingerprint density at radius 1 is 1.36 bits per heavy atom. The zero-order valence-corrected chi connectivity index (χ0v) is 13.2. The molecule has 112 valence electrons.